The lowest BCUT2D eigenvalue weighted by Gasteiger charge is -2.19. The Morgan fingerprint density at radius 3 is 2.89 bits per heavy atom. The number of hydrogen-bond donors (Lipinski definition) is 2. The first-order chi connectivity index (χ1) is 9.15. The van der Waals surface area contributed by atoms with Crippen LogP contribution in [0, 0.1) is 0 Å². The van der Waals surface area contributed by atoms with Crippen LogP contribution in [0.25, 0.3) is 0 Å². The van der Waals surface area contributed by atoms with Crippen LogP contribution in [0.5, 0.6) is 0 Å². The van der Waals surface area contributed by atoms with Gasteiger partial charge in [-0.3, -0.25) is 9.59 Å². The molecule has 1 aromatic heterocycles. The number of nitrogens with zero attached hydrogens (tertiary/aromatic N) is 1. The minimum atomic E-state index is -0.258. The largest absolute Gasteiger partial charge is 0.337 e. The van der Waals surface area contributed by atoms with Crippen molar-refractivity contribution in [3.8, 4) is 0 Å². The van der Waals surface area contributed by atoms with Gasteiger partial charge in [-0.15, -0.1) is 0 Å². The first-order valence-electron chi connectivity index (χ1n) is 6.95. The minimum absolute atomic E-state index is 0.0423. The van der Waals surface area contributed by atoms with Gasteiger partial charge in [0.2, 0.25) is 0 Å². The van der Waals surface area contributed by atoms with Gasteiger partial charge in [-0.25, -0.2) is 0 Å². The highest BCUT2D eigenvalue weighted by Crippen LogP contribution is 2.19. The van der Waals surface area contributed by atoms with Gasteiger partial charge < -0.3 is 15.6 Å². The summed E-state index contributed by atoms with van der Waals surface area (Å²) < 4.78 is 0. The number of aromatic amines is 1. The lowest BCUT2D eigenvalue weighted by atomic mass is 9.95. The first kappa shape index (κ1) is 12.4. The van der Waals surface area contributed by atoms with Crippen molar-refractivity contribution in [3.63, 3.8) is 0 Å². The smallest absolute Gasteiger partial charge is 0.261 e. The van der Waals surface area contributed by atoms with Crippen molar-refractivity contribution < 1.29 is 4.79 Å². The van der Waals surface area contributed by atoms with Gasteiger partial charge in [0.25, 0.3) is 11.5 Å². The van der Waals surface area contributed by atoms with Crippen molar-refractivity contribution in [2.75, 3.05) is 13.1 Å². The van der Waals surface area contributed by atoms with Gasteiger partial charge >= 0.3 is 0 Å². The normalized spacial score (nSPS) is 22.4. The molecular formula is C14H19N3O2. The number of aryl methyl sites for hydroxylation is 2. The Kier molecular flexibility index (Phi) is 3.14. The quantitative estimate of drug-likeness (QED) is 0.769. The molecule has 1 aliphatic heterocycles. The Morgan fingerprint density at radius 2 is 2.16 bits per heavy atom. The van der Waals surface area contributed by atoms with Crippen molar-refractivity contribution in [2.45, 2.75) is 38.1 Å². The molecule has 3 rings (SSSR count). The van der Waals surface area contributed by atoms with Gasteiger partial charge in [0.15, 0.2) is 0 Å². The molecule has 2 aliphatic rings. The van der Waals surface area contributed by atoms with E-state index in [0.717, 1.165) is 43.4 Å². The fourth-order valence-electron chi connectivity index (χ4n) is 2.98. The van der Waals surface area contributed by atoms with Crippen LogP contribution in [-0.4, -0.2) is 34.9 Å². The second-order valence-corrected chi connectivity index (χ2v) is 5.52. The number of nitrogens with one attached hydrogen (secondary N) is 1. The van der Waals surface area contributed by atoms with Crippen LogP contribution < -0.4 is 11.3 Å². The van der Waals surface area contributed by atoms with Crippen molar-refractivity contribution in [1.29, 1.82) is 0 Å². The molecule has 0 aromatic carbocycles. The van der Waals surface area contributed by atoms with Crippen molar-refractivity contribution in [2.24, 2.45) is 5.73 Å². The number of fused-ring (bicyclic) bond motifs is 1. The Labute approximate surface area is 111 Å². The van der Waals surface area contributed by atoms with Gasteiger partial charge in [0.1, 0.15) is 5.56 Å². The maximum Gasteiger partial charge on any atom is 0.261 e. The van der Waals surface area contributed by atoms with Gasteiger partial charge in [-0.2, -0.15) is 0 Å². The minimum Gasteiger partial charge on any atom is -0.337 e. The molecule has 1 fully saturated rings. The third kappa shape index (κ3) is 2.30. The van der Waals surface area contributed by atoms with Crippen LogP contribution >= 0.6 is 0 Å². The number of amides is 1. The summed E-state index contributed by atoms with van der Waals surface area (Å²) in [4.78, 5) is 28.9. The molecule has 102 valence electrons. The van der Waals surface area contributed by atoms with E-state index in [1.54, 1.807) is 11.0 Å². The maximum atomic E-state index is 12.3. The summed E-state index contributed by atoms with van der Waals surface area (Å²) in [5.41, 5.74) is 7.95. The van der Waals surface area contributed by atoms with E-state index in [1.807, 2.05) is 0 Å². The van der Waals surface area contributed by atoms with Crippen LogP contribution in [0.1, 0.15) is 40.9 Å². The standard InChI is InChI=1S/C14H19N3O2/c15-10-5-6-17(8-10)14(19)11-7-9-3-1-2-4-12(9)16-13(11)18/h7,10H,1-6,8,15H2,(H,16,18)/t10-/m1/s1. The van der Waals surface area contributed by atoms with Crippen molar-refractivity contribution in [1.82, 2.24) is 9.88 Å². The number of carbonyl (C=O) groups excluding carboxylic acids is 1. The van der Waals surface area contributed by atoms with E-state index in [-0.39, 0.29) is 23.1 Å². The summed E-state index contributed by atoms with van der Waals surface area (Å²) in [6, 6.07) is 1.83. The molecule has 0 unspecified atom stereocenters. The SMILES string of the molecule is N[C@@H]1CCN(C(=O)c2cc3c([nH]c2=O)CCCC3)C1. The fourth-order valence-corrected chi connectivity index (χ4v) is 2.98. The number of H-pyrrole nitrogens is 1. The number of aromatic nitrogens is 1. The molecule has 5 nitrogen and oxygen atoms in total. The average Bonchev–Trinajstić information content (AvgIpc) is 2.84. The van der Waals surface area contributed by atoms with Crippen LogP contribution in [0.15, 0.2) is 10.9 Å². The highest BCUT2D eigenvalue weighted by atomic mass is 16.2. The molecule has 0 saturated carbocycles. The molecule has 1 atom stereocenters. The third-order valence-electron chi connectivity index (χ3n) is 4.08. The van der Waals surface area contributed by atoms with E-state index in [1.165, 1.54) is 0 Å². The molecule has 1 aromatic rings. The Morgan fingerprint density at radius 1 is 1.37 bits per heavy atom. The predicted molar refractivity (Wildman–Crippen MR) is 72.2 cm³/mol. The average molecular weight is 261 g/mol. The number of pyridine rings is 1. The summed E-state index contributed by atoms with van der Waals surface area (Å²) in [6.45, 7) is 1.20. The monoisotopic (exact) mass is 261 g/mol. The summed E-state index contributed by atoms with van der Waals surface area (Å²) in [5, 5.41) is 0. The van der Waals surface area contributed by atoms with Crippen LogP contribution in [0.4, 0.5) is 0 Å². The molecule has 1 saturated heterocycles. The van der Waals surface area contributed by atoms with Gasteiger partial charge in [-0.1, -0.05) is 0 Å². The summed E-state index contributed by atoms with van der Waals surface area (Å²) >= 11 is 0. The van der Waals surface area contributed by atoms with Crippen molar-refractivity contribution >= 4 is 5.91 Å². The van der Waals surface area contributed by atoms with E-state index < -0.39 is 0 Å². The van der Waals surface area contributed by atoms with E-state index in [2.05, 4.69) is 4.98 Å². The summed E-state index contributed by atoms with van der Waals surface area (Å²) in [7, 11) is 0. The molecular weight excluding hydrogens is 242 g/mol. The Hall–Kier alpha value is -1.62. The van der Waals surface area contributed by atoms with Crippen molar-refractivity contribution in [3.05, 3.63) is 33.2 Å². The Balaban J connectivity index is 1.92. The lowest BCUT2D eigenvalue weighted by Crippen LogP contribution is -2.35. The van der Waals surface area contributed by atoms with Gasteiger partial charge in [0, 0.05) is 24.8 Å². The van der Waals surface area contributed by atoms with Crippen LogP contribution in [-0.2, 0) is 12.8 Å². The first-order valence-corrected chi connectivity index (χ1v) is 6.95. The van der Waals surface area contributed by atoms with E-state index >= 15 is 0 Å². The number of likely N-dealkylation sites (tertiary alicyclic amines) is 1. The number of carbonyl (C=O) groups is 1. The topological polar surface area (TPSA) is 79.2 Å². The zero-order valence-corrected chi connectivity index (χ0v) is 10.9. The molecule has 1 aliphatic carbocycles. The van der Waals surface area contributed by atoms with Crippen LogP contribution in [0.3, 0.4) is 0 Å². The highest BCUT2D eigenvalue weighted by Gasteiger charge is 2.27. The summed E-state index contributed by atoms with van der Waals surface area (Å²) in [5.74, 6) is -0.178. The molecule has 0 radical (unpaired) electrons. The second kappa shape index (κ2) is 4.81. The third-order valence-corrected chi connectivity index (χ3v) is 4.08. The molecule has 0 spiro atoms. The number of rotatable bonds is 1. The summed E-state index contributed by atoms with van der Waals surface area (Å²) in [6.07, 6.45) is 4.91. The molecule has 19 heavy (non-hydrogen) atoms. The van der Waals surface area contributed by atoms with Crippen LogP contribution in [0.2, 0.25) is 0 Å². The van der Waals surface area contributed by atoms with E-state index in [9.17, 15) is 9.59 Å². The molecule has 3 N–H and O–H groups in total. The van der Waals surface area contributed by atoms with Gasteiger partial charge in [-0.05, 0) is 43.7 Å². The van der Waals surface area contributed by atoms with Gasteiger partial charge in [0.05, 0.1) is 0 Å². The zero-order valence-electron chi connectivity index (χ0n) is 10.9. The second-order valence-electron chi connectivity index (χ2n) is 5.52. The number of hydrogen-bond acceptors (Lipinski definition) is 3. The predicted octanol–water partition coefficient (Wildman–Crippen LogP) is 0.427. The molecule has 2 heterocycles. The van der Waals surface area contributed by atoms with E-state index in [0.29, 0.717) is 13.1 Å². The number of nitrogens with two attached hydrogens (primary N) is 1. The zero-order chi connectivity index (χ0) is 13.4. The van der Waals surface area contributed by atoms with E-state index in [4.69, 9.17) is 5.73 Å². The Bertz CT molecular complexity index is 564. The molecule has 5 heteroatoms. The maximum absolute atomic E-state index is 12.3. The fraction of sp³-hybridized carbons (Fsp3) is 0.571. The lowest BCUT2D eigenvalue weighted by molar-refractivity contribution is 0.0789. The highest BCUT2D eigenvalue weighted by molar-refractivity contribution is 5.94. The molecule has 1 amide bonds. The molecule has 0 bridgehead atoms.